The molecule has 6 aromatic rings. The number of nitrogens with zero attached hydrogens (tertiary/aromatic N) is 4. The zero-order valence-electron chi connectivity index (χ0n) is 18.2. The van der Waals surface area contributed by atoms with Crippen molar-refractivity contribution >= 4 is 22.1 Å². The Balaban J connectivity index is 1.33. The third kappa shape index (κ3) is 2.92. The molecule has 0 N–H and O–H groups in total. The molecule has 0 unspecified atom stereocenters. The lowest BCUT2D eigenvalue weighted by Crippen LogP contribution is -2.25. The maximum Gasteiger partial charge on any atom is 0.249 e. The summed E-state index contributed by atoms with van der Waals surface area (Å²) in [7, 11) is 4.17. The second-order valence-corrected chi connectivity index (χ2v) is 8.26. The van der Waals surface area contributed by atoms with Gasteiger partial charge in [-0.25, -0.2) is 9.13 Å². The van der Waals surface area contributed by atoms with Crippen LogP contribution in [-0.4, -0.2) is 9.13 Å². The molecule has 6 rings (SSSR count). The van der Waals surface area contributed by atoms with Crippen molar-refractivity contribution in [2.45, 2.75) is 0 Å². The van der Waals surface area contributed by atoms with E-state index in [1.165, 1.54) is 33.2 Å². The number of hydrogen-bond acceptors (Lipinski definition) is 0. The highest BCUT2D eigenvalue weighted by atomic mass is 15.1. The minimum atomic E-state index is 1.16. The Morgan fingerprint density at radius 2 is 0.844 bits per heavy atom. The number of imidazole rings is 2. The molecule has 0 aliphatic carbocycles. The van der Waals surface area contributed by atoms with Crippen molar-refractivity contribution < 1.29 is 9.13 Å². The standard InChI is InChI=1S/C28H24N4/c1-29-19-31(27-9-5-3-7-25(27)29)23-15-11-21(12-16-23)22-13-17-24(18-14-22)32-20-30(2)26-8-4-6-10-28(26)32/h3-20H,1-2H3/q+2. The average Bonchev–Trinajstić information content (AvgIpc) is 3.37. The highest BCUT2D eigenvalue weighted by Gasteiger charge is 2.16. The predicted molar refractivity (Wildman–Crippen MR) is 128 cm³/mol. The summed E-state index contributed by atoms with van der Waals surface area (Å²) in [4.78, 5) is 0. The van der Waals surface area contributed by atoms with E-state index in [9.17, 15) is 0 Å². The van der Waals surface area contributed by atoms with Crippen LogP contribution in [-0.2, 0) is 14.1 Å². The van der Waals surface area contributed by atoms with Gasteiger partial charge in [0.05, 0.1) is 14.1 Å². The van der Waals surface area contributed by atoms with Gasteiger partial charge >= 0.3 is 0 Å². The second-order valence-electron chi connectivity index (χ2n) is 8.26. The normalized spacial score (nSPS) is 11.4. The second kappa shape index (κ2) is 7.20. The summed E-state index contributed by atoms with van der Waals surface area (Å²) in [6, 6.07) is 34.5. The first kappa shape index (κ1) is 18.6. The topological polar surface area (TPSA) is 17.6 Å². The Morgan fingerprint density at radius 1 is 0.469 bits per heavy atom. The molecule has 0 bridgehead atoms. The van der Waals surface area contributed by atoms with Crippen LogP contribution in [0.15, 0.2) is 110 Å². The third-order valence-corrected chi connectivity index (χ3v) is 6.24. The Labute approximate surface area is 186 Å². The molecule has 32 heavy (non-hydrogen) atoms. The monoisotopic (exact) mass is 416 g/mol. The fourth-order valence-corrected chi connectivity index (χ4v) is 4.57. The molecule has 0 fully saturated rings. The van der Waals surface area contributed by atoms with Gasteiger partial charge < -0.3 is 0 Å². The van der Waals surface area contributed by atoms with Crippen molar-refractivity contribution in [2.24, 2.45) is 14.1 Å². The number of fused-ring (bicyclic) bond motifs is 2. The molecule has 0 saturated carbocycles. The first-order valence-electron chi connectivity index (χ1n) is 10.8. The van der Waals surface area contributed by atoms with E-state index in [1.807, 2.05) is 0 Å². The van der Waals surface area contributed by atoms with Gasteiger partial charge in [-0.15, -0.1) is 0 Å². The first-order chi connectivity index (χ1) is 15.7. The molecule has 0 amide bonds. The summed E-state index contributed by atoms with van der Waals surface area (Å²) in [6.07, 6.45) is 4.27. The molecular weight excluding hydrogens is 392 g/mol. The van der Waals surface area contributed by atoms with Crippen molar-refractivity contribution in [1.82, 2.24) is 9.13 Å². The molecule has 0 spiro atoms. The van der Waals surface area contributed by atoms with E-state index in [0.29, 0.717) is 0 Å². The summed E-state index contributed by atoms with van der Waals surface area (Å²) in [5, 5.41) is 0. The van der Waals surface area contributed by atoms with E-state index >= 15 is 0 Å². The smallest absolute Gasteiger partial charge is 0.232 e. The Kier molecular flexibility index (Phi) is 4.18. The number of benzene rings is 4. The fourth-order valence-electron chi connectivity index (χ4n) is 4.57. The molecule has 154 valence electrons. The Morgan fingerprint density at radius 3 is 1.25 bits per heavy atom. The third-order valence-electron chi connectivity index (χ3n) is 6.24. The largest absolute Gasteiger partial charge is 0.249 e. The predicted octanol–water partition coefficient (Wildman–Crippen LogP) is 4.89. The van der Waals surface area contributed by atoms with Crippen LogP contribution in [0, 0.1) is 0 Å². The van der Waals surface area contributed by atoms with E-state index in [-0.39, 0.29) is 0 Å². The molecule has 0 aliphatic rings. The number of aromatic nitrogens is 4. The first-order valence-corrected chi connectivity index (χ1v) is 10.8. The minimum Gasteiger partial charge on any atom is -0.232 e. The van der Waals surface area contributed by atoms with Crippen LogP contribution in [0.1, 0.15) is 0 Å². The Bertz CT molecular complexity index is 1450. The molecule has 0 saturated heterocycles. The summed E-state index contributed by atoms with van der Waals surface area (Å²) in [5.74, 6) is 0. The van der Waals surface area contributed by atoms with Gasteiger partial charge in [-0.05, 0) is 59.7 Å². The maximum absolute atomic E-state index is 2.24. The molecule has 0 atom stereocenters. The lowest BCUT2D eigenvalue weighted by Gasteiger charge is -2.04. The summed E-state index contributed by atoms with van der Waals surface area (Å²) >= 11 is 0. The van der Waals surface area contributed by atoms with Crippen LogP contribution < -0.4 is 9.13 Å². The van der Waals surface area contributed by atoms with Crippen molar-refractivity contribution in [3.05, 3.63) is 110 Å². The highest BCUT2D eigenvalue weighted by molar-refractivity contribution is 5.76. The van der Waals surface area contributed by atoms with E-state index < -0.39 is 0 Å². The SMILES string of the molecule is C[n+]1cn(-c2ccc(-c3ccc(-n4c[n+](C)c5ccccc54)cc3)cc2)c2ccccc21. The molecule has 4 heteroatoms. The molecule has 4 aromatic carbocycles. The van der Waals surface area contributed by atoms with Crippen molar-refractivity contribution in [3.63, 3.8) is 0 Å². The van der Waals surface area contributed by atoms with E-state index in [4.69, 9.17) is 0 Å². The van der Waals surface area contributed by atoms with Crippen molar-refractivity contribution in [2.75, 3.05) is 0 Å². The van der Waals surface area contributed by atoms with E-state index in [2.05, 4.69) is 142 Å². The van der Waals surface area contributed by atoms with Crippen molar-refractivity contribution in [3.8, 4) is 22.5 Å². The quantitative estimate of drug-likeness (QED) is 0.366. The van der Waals surface area contributed by atoms with Crippen LogP contribution in [0.25, 0.3) is 44.6 Å². The van der Waals surface area contributed by atoms with Gasteiger partial charge in [0.1, 0.15) is 11.4 Å². The zero-order chi connectivity index (χ0) is 21.7. The van der Waals surface area contributed by atoms with Gasteiger partial charge in [0.15, 0.2) is 22.1 Å². The maximum atomic E-state index is 2.24. The van der Waals surface area contributed by atoms with Crippen LogP contribution in [0.5, 0.6) is 0 Å². The molecule has 2 heterocycles. The van der Waals surface area contributed by atoms with Gasteiger partial charge in [0, 0.05) is 0 Å². The van der Waals surface area contributed by atoms with Crippen LogP contribution in [0.4, 0.5) is 0 Å². The van der Waals surface area contributed by atoms with E-state index in [0.717, 1.165) is 11.4 Å². The Hall–Kier alpha value is -4.18. The summed E-state index contributed by atoms with van der Waals surface area (Å²) in [5.41, 5.74) is 9.60. The minimum absolute atomic E-state index is 1.16. The van der Waals surface area contributed by atoms with Crippen LogP contribution in [0.3, 0.4) is 0 Å². The van der Waals surface area contributed by atoms with Crippen molar-refractivity contribution in [1.29, 1.82) is 0 Å². The summed E-state index contributed by atoms with van der Waals surface area (Å²) < 4.78 is 8.79. The molecule has 2 aromatic heterocycles. The molecule has 0 radical (unpaired) electrons. The lowest BCUT2D eigenvalue weighted by atomic mass is 10.0. The number of hydrogen-bond donors (Lipinski definition) is 0. The van der Waals surface area contributed by atoms with E-state index in [1.54, 1.807) is 0 Å². The number of para-hydroxylation sites is 4. The van der Waals surface area contributed by atoms with Gasteiger partial charge in [-0.1, -0.05) is 48.5 Å². The zero-order valence-corrected chi connectivity index (χ0v) is 18.2. The van der Waals surface area contributed by atoms with Crippen LogP contribution in [0.2, 0.25) is 0 Å². The van der Waals surface area contributed by atoms with Gasteiger partial charge in [-0.2, -0.15) is 9.13 Å². The molecule has 0 aliphatic heterocycles. The molecule has 4 nitrogen and oxygen atoms in total. The van der Waals surface area contributed by atoms with Gasteiger partial charge in [0.2, 0.25) is 12.7 Å². The molecular formula is C28H24N4+2. The lowest BCUT2D eigenvalue weighted by molar-refractivity contribution is -0.645. The van der Waals surface area contributed by atoms with Crippen LogP contribution >= 0.6 is 0 Å². The van der Waals surface area contributed by atoms with Gasteiger partial charge in [-0.3, -0.25) is 0 Å². The van der Waals surface area contributed by atoms with Gasteiger partial charge in [0.25, 0.3) is 0 Å². The fraction of sp³-hybridized carbons (Fsp3) is 0.0714. The summed E-state index contributed by atoms with van der Waals surface area (Å²) in [6.45, 7) is 0. The highest BCUT2D eigenvalue weighted by Crippen LogP contribution is 2.25. The number of rotatable bonds is 3. The number of aryl methyl sites for hydroxylation is 2. The average molecular weight is 417 g/mol.